The lowest BCUT2D eigenvalue weighted by atomic mass is 10.2. The molecule has 28 heavy (non-hydrogen) atoms. The van der Waals surface area contributed by atoms with E-state index in [1.807, 2.05) is 13.8 Å². The Morgan fingerprint density at radius 1 is 0.893 bits per heavy atom. The number of carbonyl (C=O) groups excluding carboxylic acids is 3. The third-order valence-corrected chi connectivity index (χ3v) is 3.89. The number of hydrazine groups is 1. The van der Waals surface area contributed by atoms with Crippen LogP contribution >= 0.6 is 0 Å². The van der Waals surface area contributed by atoms with Crippen LogP contribution in [0.3, 0.4) is 0 Å². The van der Waals surface area contributed by atoms with Gasteiger partial charge in [-0.1, -0.05) is 19.4 Å². The molecule has 2 aromatic rings. The Morgan fingerprint density at radius 2 is 1.57 bits per heavy atom. The minimum atomic E-state index is -0.460. The summed E-state index contributed by atoms with van der Waals surface area (Å²) in [7, 11) is 0. The van der Waals surface area contributed by atoms with E-state index < -0.39 is 11.8 Å². The molecule has 2 aromatic carbocycles. The summed E-state index contributed by atoms with van der Waals surface area (Å²) in [4.78, 5) is 36.1. The SMILES string of the molecule is CCCCC(=O)Nc1ccc(C(=O)NNC(=O)c2cccc(OCC)c2)cc1. The largest absolute Gasteiger partial charge is 0.494 e. The van der Waals surface area contributed by atoms with Crippen molar-refractivity contribution < 1.29 is 19.1 Å². The van der Waals surface area contributed by atoms with E-state index in [0.717, 1.165) is 12.8 Å². The highest BCUT2D eigenvalue weighted by Gasteiger charge is 2.10. The van der Waals surface area contributed by atoms with Gasteiger partial charge in [-0.15, -0.1) is 0 Å². The first kappa shape index (κ1) is 21.0. The molecule has 7 nitrogen and oxygen atoms in total. The fraction of sp³-hybridized carbons (Fsp3) is 0.286. The number of amides is 3. The molecule has 0 spiro atoms. The van der Waals surface area contributed by atoms with Crippen LogP contribution in [-0.2, 0) is 4.79 Å². The number of unbranched alkanes of at least 4 members (excludes halogenated alkanes) is 1. The Balaban J connectivity index is 1.88. The molecule has 0 atom stereocenters. The molecule has 0 saturated carbocycles. The summed E-state index contributed by atoms with van der Waals surface area (Å²) in [6, 6.07) is 13.1. The Morgan fingerprint density at radius 3 is 2.21 bits per heavy atom. The van der Waals surface area contributed by atoms with E-state index in [4.69, 9.17) is 4.74 Å². The minimum absolute atomic E-state index is 0.0550. The van der Waals surface area contributed by atoms with Crippen LogP contribution in [0.25, 0.3) is 0 Å². The van der Waals surface area contributed by atoms with E-state index in [1.54, 1.807) is 48.5 Å². The van der Waals surface area contributed by atoms with Crippen molar-refractivity contribution in [3.05, 3.63) is 59.7 Å². The van der Waals surface area contributed by atoms with Crippen molar-refractivity contribution in [3.63, 3.8) is 0 Å². The monoisotopic (exact) mass is 383 g/mol. The predicted octanol–water partition coefficient (Wildman–Crippen LogP) is 3.29. The number of hydrogen-bond acceptors (Lipinski definition) is 4. The Hall–Kier alpha value is -3.35. The second kappa shape index (κ2) is 10.7. The first-order valence-corrected chi connectivity index (χ1v) is 9.27. The molecule has 0 aliphatic carbocycles. The lowest BCUT2D eigenvalue weighted by Crippen LogP contribution is -2.41. The Bertz CT molecular complexity index is 819. The zero-order valence-electron chi connectivity index (χ0n) is 16.1. The molecule has 0 saturated heterocycles. The van der Waals surface area contributed by atoms with Crippen LogP contribution in [-0.4, -0.2) is 24.3 Å². The minimum Gasteiger partial charge on any atom is -0.494 e. The number of carbonyl (C=O) groups is 3. The van der Waals surface area contributed by atoms with Crippen molar-refractivity contribution in [1.82, 2.24) is 10.9 Å². The quantitative estimate of drug-likeness (QED) is 0.610. The van der Waals surface area contributed by atoms with Crippen LogP contribution in [0.1, 0.15) is 53.8 Å². The highest BCUT2D eigenvalue weighted by Crippen LogP contribution is 2.13. The zero-order valence-corrected chi connectivity index (χ0v) is 16.1. The van der Waals surface area contributed by atoms with Crippen molar-refractivity contribution >= 4 is 23.4 Å². The molecule has 7 heteroatoms. The summed E-state index contributed by atoms with van der Waals surface area (Å²) >= 11 is 0. The molecule has 0 aliphatic heterocycles. The molecule has 0 aliphatic rings. The summed E-state index contributed by atoms with van der Waals surface area (Å²) in [5.74, 6) is -0.383. The summed E-state index contributed by atoms with van der Waals surface area (Å²) in [5.41, 5.74) is 6.09. The maximum atomic E-state index is 12.2. The van der Waals surface area contributed by atoms with E-state index in [2.05, 4.69) is 16.2 Å². The molecular weight excluding hydrogens is 358 g/mol. The van der Waals surface area contributed by atoms with Crippen molar-refractivity contribution in [2.75, 3.05) is 11.9 Å². The molecule has 0 radical (unpaired) electrons. The molecular formula is C21H25N3O4. The number of nitrogens with one attached hydrogen (secondary N) is 3. The average Bonchev–Trinajstić information content (AvgIpc) is 2.71. The van der Waals surface area contributed by atoms with Crippen LogP contribution in [0.5, 0.6) is 5.75 Å². The van der Waals surface area contributed by atoms with Gasteiger partial charge in [0.1, 0.15) is 5.75 Å². The number of hydrogen-bond donors (Lipinski definition) is 3. The molecule has 148 valence electrons. The first-order chi connectivity index (χ1) is 13.5. The fourth-order valence-corrected chi connectivity index (χ4v) is 2.42. The van der Waals surface area contributed by atoms with Crippen LogP contribution in [0, 0.1) is 0 Å². The summed E-state index contributed by atoms with van der Waals surface area (Å²) in [5, 5.41) is 2.78. The lowest BCUT2D eigenvalue weighted by molar-refractivity contribution is -0.116. The molecule has 3 N–H and O–H groups in total. The van der Waals surface area contributed by atoms with Gasteiger partial charge in [0.2, 0.25) is 5.91 Å². The van der Waals surface area contributed by atoms with E-state index in [9.17, 15) is 14.4 Å². The van der Waals surface area contributed by atoms with Gasteiger partial charge in [-0.2, -0.15) is 0 Å². The van der Waals surface area contributed by atoms with Crippen LogP contribution in [0.2, 0.25) is 0 Å². The Kier molecular flexibility index (Phi) is 8.02. The van der Waals surface area contributed by atoms with E-state index in [1.165, 1.54) is 0 Å². The third kappa shape index (κ3) is 6.42. The van der Waals surface area contributed by atoms with Crippen molar-refractivity contribution in [1.29, 1.82) is 0 Å². The smallest absolute Gasteiger partial charge is 0.269 e. The number of benzene rings is 2. The molecule has 0 fully saturated rings. The Labute approximate surface area is 164 Å². The number of rotatable bonds is 8. The number of ether oxygens (including phenoxy) is 1. The molecule has 0 bridgehead atoms. The third-order valence-electron chi connectivity index (χ3n) is 3.89. The topological polar surface area (TPSA) is 96.5 Å². The van der Waals surface area contributed by atoms with Crippen LogP contribution in [0.15, 0.2) is 48.5 Å². The van der Waals surface area contributed by atoms with Gasteiger partial charge in [0.25, 0.3) is 11.8 Å². The van der Waals surface area contributed by atoms with Gasteiger partial charge in [-0.05, 0) is 55.8 Å². The van der Waals surface area contributed by atoms with Gasteiger partial charge < -0.3 is 10.1 Å². The maximum Gasteiger partial charge on any atom is 0.269 e. The molecule has 0 unspecified atom stereocenters. The zero-order chi connectivity index (χ0) is 20.4. The highest BCUT2D eigenvalue weighted by molar-refractivity contribution is 5.99. The van der Waals surface area contributed by atoms with Crippen molar-refractivity contribution in [3.8, 4) is 5.75 Å². The van der Waals surface area contributed by atoms with Crippen molar-refractivity contribution in [2.45, 2.75) is 33.1 Å². The van der Waals surface area contributed by atoms with Gasteiger partial charge in [0.15, 0.2) is 0 Å². The standard InChI is InChI=1S/C21H25N3O4/c1-3-5-9-19(25)22-17-12-10-15(11-13-17)20(26)23-24-21(27)16-7-6-8-18(14-16)28-4-2/h6-8,10-14H,3-5,9H2,1-2H3,(H,22,25)(H,23,26)(H,24,27). The van der Waals surface area contributed by atoms with Crippen LogP contribution < -0.4 is 20.9 Å². The van der Waals surface area contributed by atoms with Gasteiger partial charge in [-0.25, -0.2) is 0 Å². The van der Waals surface area contributed by atoms with Gasteiger partial charge in [-0.3, -0.25) is 25.2 Å². The van der Waals surface area contributed by atoms with Crippen molar-refractivity contribution in [2.24, 2.45) is 0 Å². The van der Waals surface area contributed by atoms with E-state index in [-0.39, 0.29) is 5.91 Å². The second-order valence-corrected chi connectivity index (χ2v) is 6.10. The normalized spacial score (nSPS) is 10.1. The predicted molar refractivity (Wildman–Crippen MR) is 107 cm³/mol. The van der Waals surface area contributed by atoms with Gasteiger partial charge in [0, 0.05) is 23.2 Å². The average molecular weight is 383 g/mol. The lowest BCUT2D eigenvalue weighted by Gasteiger charge is -2.10. The maximum absolute atomic E-state index is 12.2. The molecule has 0 heterocycles. The summed E-state index contributed by atoms with van der Waals surface area (Å²) in [6.07, 6.45) is 2.25. The first-order valence-electron chi connectivity index (χ1n) is 9.27. The van der Waals surface area contributed by atoms with E-state index in [0.29, 0.717) is 35.6 Å². The summed E-state index contributed by atoms with van der Waals surface area (Å²) < 4.78 is 5.35. The van der Waals surface area contributed by atoms with Crippen LogP contribution in [0.4, 0.5) is 5.69 Å². The highest BCUT2D eigenvalue weighted by atomic mass is 16.5. The van der Waals surface area contributed by atoms with Gasteiger partial charge >= 0.3 is 0 Å². The summed E-state index contributed by atoms with van der Waals surface area (Å²) in [6.45, 7) is 4.38. The molecule has 2 rings (SSSR count). The van der Waals surface area contributed by atoms with E-state index >= 15 is 0 Å². The molecule has 0 aromatic heterocycles. The number of anilines is 1. The molecule has 3 amide bonds. The second-order valence-electron chi connectivity index (χ2n) is 6.10. The van der Waals surface area contributed by atoms with Gasteiger partial charge in [0.05, 0.1) is 6.61 Å². The fourth-order valence-electron chi connectivity index (χ4n) is 2.42.